The van der Waals surface area contributed by atoms with Crippen molar-refractivity contribution in [2.24, 2.45) is 0 Å². The number of hydrogen-bond acceptors (Lipinski definition) is 4. The molecule has 0 amide bonds. The van der Waals surface area contributed by atoms with E-state index in [1.54, 1.807) is 7.11 Å². The van der Waals surface area contributed by atoms with E-state index in [0.717, 1.165) is 25.9 Å². The average Bonchev–Trinajstić information content (AvgIpc) is 2.25. The first-order chi connectivity index (χ1) is 6.86. The molecule has 1 aliphatic heterocycles. The van der Waals surface area contributed by atoms with E-state index < -0.39 is 0 Å². The molecule has 0 aromatic rings. The highest BCUT2D eigenvalue weighted by Gasteiger charge is 2.22. The zero-order valence-corrected chi connectivity index (χ0v) is 9.03. The third kappa shape index (κ3) is 4.37. The van der Waals surface area contributed by atoms with Crippen LogP contribution in [0.2, 0.25) is 0 Å². The summed E-state index contributed by atoms with van der Waals surface area (Å²) >= 11 is 0. The number of rotatable bonds is 6. The smallest absolute Gasteiger partial charge is 0.160 e. The minimum atomic E-state index is -0.114. The summed E-state index contributed by atoms with van der Waals surface area (Å²) in [6, 6.07) is 0. The Balaban J connectivity index is 2.05. The van der Waals surface area contributed by atoms with Crippen molar-refractivity contribution in [3.63, 3.8) is 0 Å². The van der Waals surface area contributed by atoms with Crippen LogP contribution in [-0.2, 0) is 18.9 Å². The van der Waals surface area contributed by atoms with Gasteiger partial charge in [-0.25, -0.2) is 0 Å². The molecule has 1 heterocycles. The minimum absolute atomic E-state index is 0.114. The largest absolute Gasteiger partial charge is 0.376 e. The summed E-state index contributed by atoms with van der Waals surface area (Å²) in [6.07, 6.45) is 3.08. The van der Waals surface area contributed by atoms with Crippen molar-refractivity contribution >= 4 is 0 Å². The third-order valence-electron chi connectivity index (χ3n) is 2.12. The van der Waals surface area contributed by atoms with Gasteiger partial charge in [-0.15, -0.1) is 0 Å². The zero-order chi connectivity index (χ0) is 10.2. The van der Waals surface area contributed by atoms with Crippen LogP contribution in [0.25, 0.3) is 0 Å². The third-order valence-corrected chi connectivity index (χ3v) is 2.12. The molecule has 1 fully saturated rings. The summed E-state index contributed by atoms with van der Waals surface area (Å²) in [4.78, 5) is 0. The van der Waals surface area contributed by atoms with Crippen molar-refractivity contribution in [1.29, 1.82) is 0 Å². The molecule has 0 bridgehead atoms. The second-order valence-electron chi connectivity index (χ2n) is 3.41. The maximum absolute atomic E-state index is 5.57. The predicted octanol–water partition coefficient (Wildman–Crippen LogP) is 1.54. The normalized spacial score (nSPS) is 27.9. The molecule has 0 aromatic heterocycles. The lowest BCUT2D eigenvalue weighted by molar-refractivity contribution is -0.224. The average molecular weight is 204 g/mol. The summed E-state index contributed by atoms with van der Waals surface area (Å²) in [7, 11) is 1.61. The van der Waals surface area contributed by atoms with Crippen molar-refractivity contribution in [3.05, 3.63) is 0 Å². The predicted molar refractivity (Wildman–Crippen MR) is 52.0 cm³/mol. The Bertz CT molecular complexity index is 116. The van der Waals surface area contributed by atoms with Gasteiger partial charge in [0.2, 0.25) is 0 Å². The van der Waals surface area contributed by atoms with Crippen molar-refractivity contribution in [3.8, 4) is 0 Å². The lowest BCUT2D eigenvalue weighted by Gasteiger charge is -2.28. The Morgan fingerprint density at radius 2 is 2.14 bits per heavy atom. The molecule has 14 heavy (non-hydrogen) atoms. The van der Waals surface area contributed by atoms with Crippen LogP contribution in [0, 0.1) is 0 Å². The Morgan fingerprint density at radius 1 is 1.29 bits per heavy atom. The van der Waals surface area contributed by atoms with Gasteiger partial charge in [0.15, 0.2) is 6.29 Å². The van der Waals surface area contributed by atoms with E-state index in [2.05, 4.69) is 6.92 Å². The molecule has 0 N–H and O–H groups in total. The topological polar surface area (TPSA) is 36.9 Å². The molecule has 1 rings (SSSR count). The molecule has 0 spiro atoms. The van der Waals surface area contributed by atoms with Crippen LogP contribution in [0.1, 0.15) is 26.2 Å². The summed E-state index contributed by atoms with van der Waals surface area (Å²) in [5.74, 6) is 0. The maximum Gasteiger partial charge on any atom is 0.160 e. The fourth-order valence-corrected chi connectivity index (χ4v) is 1.39. The first-order valence-electron chi connectivity index (χ1n) is 5.20. The van der Waals surface area contributed by atoms with Crippen LogP contribution < -0.4 is 0 Å². The first-order valence-corrected chi connectivity index (χ1v) is 5.20. The van der Waals surface area contributed by atoms with Gasteiger partial charge in [-0.3, -0.25) is 0 Å². The van der Waals surface area contributed by atoms with E-state index in [4.69, 9.17) is 18.9 Å². The van der Waals surface area contributed by atoms with Gasteiger partial charge >= 0.3 is 0 Å². The first kappa shape index (κ1) is 11.9. The summed E-state index contributed by atoms with van der Waals surface area (Å²) in [6.45, 7) is 3.85. The molecule has 1 saturated heterocycles. The molecule has 0 aromatic carbocycles. The highest BCUT2D eigenvalue weighted by molar-refractivity contribution is 4.65. The summed E-state index contributed by atoms with van der Waals surface area (Å²) < 4.78 is 21.1. The number of hydrogen-bond donors (Lipinski definition) is 0. The number of methoxy groups -OCH3 is 1. The maximum atomic E-state index is 5.57. The van der Waals surface area contributed by atoms with E-state index in [0.29, 0.717) is 13.4 Å². The van der Waals surface area contributed by atoms with Gasteiger partial charge in [0, 0.05) is 20.1 Å². The van der Waals surface area contributed by atoms with Crippen LogP contribution in [0.3, 0.4) is 0 Å². The van der Waals surface area contributed by atoms with Crippen LogP contribution in [0.5, 0.6) is 0 Å². The second kappa shape index (κ2) is 7.17. The molecule has 4 heteroatoms. The molecule has 0 saturated carbocycles. The molecular weight excluding hydrogens is 184 g/mol. The van der Waals surface area contributed by atoms with Gasteiger partial charge in [0.05, 0.1) is 12.7 Å². The molecule has 2 unspecified atom stereocenters. The van der Waals surface area contributed by atoms with Crippen molar-refractivity contribution in [1.82, 2.24) is 0 Å². The molecule has 0 radical (unpaired) electrons. The van der Waals surface area contributed by atoms with E-state index in [-0.39, 0.29) is 12.4 Å². The number of ether oxygens (including phenoxy) is 4. The minimum Gasteiger partial charge on any atom is -0.376 e. The lowest BCUT2D eigenvalue weighted by Crippen LogP contribution is -2.33. The van der Waals surface area contributed by atoms with Gasteiger partial charge in [-0.05, 0) is 12.8 Å². The summed E-state index contributed by atoms with van der Waals surface area (Å²) in [5.41, 5.74) is 0. The van der Waals surface area contributed by atoms with Crippen molar-refractivity contribution in [2.75, 3.05) is 27.1 Å². The van der Waals surface area contributed by atoms with Gasteiger partial charge in [-0.2, -0.15) is 0 Å². The molecule has 2 atom stereocenters. The SMILES string of the molecule is CCCOC1CCC(OCOC)OC1. The Hall–Kier alpha value is -0.160. The Morgan fingerprint density at radius 3 is 2.71 bits per heavy atom. The van der Waals surface area contributed by atoms with Gasteiger partial charge in [-0.1, -0.05) is 6.92 Å². The van der Waals surface area contributed by atoms with Crippen LogP contribution in [-0.4, -0.2) is 39.5 Å². The standard InChI is InChI=1S/C10H20O4/c1-3-6-12-9-4-5-10(13-7-9)14-8-11-2/h9-10H,3-8H2,1-2H3. The fourth-order valence-electron chi connectivity index (χ4n) is 1.39. The van der Waals surface area contributed by atoms with Crippen LogP contribution >= 0.6 is 0 Å². The second-order valence-corrected chi connectivity index (χ2v) is 3.41. The highest BCUT2D eigenvalue weighted by Crippen LogP contribution is 2.17. The van der Waals surface area contributed by atoms with Gasteiger partial charge in [0.25, 0.3) is 0 Å². The quantitative estimate of drug-likeness (QED) is 0.615. The van der Waals surface area contributed by atoms with Crippen LogP contribution in [0.15, 0.2) is 0 Å². The zero-order valence-electron chi connectivity index (χ0n) is 9.03. The molecule has 84 valence electrons. The molecular formula is C10H20O4. The van der Waals surface area contributed by atoms with E-state index in [1.807, 2.05) is 0 Å². The van der Waals surface area contributed by atoms with Crippen molar-refractivity contribution < 1.29 is 18.9 Å². The van der Waals surface area contributed by atoms with Crippen LogP contribution in [0.4, 0.5) is 0 Å². The molecule has 1 aliphatic rings. The Labute approximate surface area is 85.5 Å². The summed E-state index contributed by atoms with van der Waals surface area (Å²) in [5, 5.41) is 0. The lowest BCUT2D eigenvalue weighted by atomic mass is 10.1. The van der Waals surface area contributed by atoms with Crippen molar-refractivity contribution in [2.45, 2.75) is 38.6 Å². The monoisotopic (exact) mass is 204 g/mol. The Kier molecular flexibility index (Phi) is 6.10. The highest BCUT2D eigenvalue weighted by atomic mass is 16.7. The van der Waals surface area contributed by atoms with E-state index >= 15 is 0 Å². The van der Waals surface area contributed by atoms with Gasteiger partial charge < -0.3 is 18.9 Å². The fraction of sp³-hybridized carbons (Fsp3) is 1.00. The molecule has 4 nitrogen and oxygen atoms in total. The molecule has 0 aliphatic carbocycles. The van der Waals surface area contributed by atoms with Gasteiger partial charge in [0.1, 0.15) is 6.79 Å². The van der Waals surface area contributed by atoms with E-state index in [9.17, 15) is 0 Å². The van der Waals surface area contributed by atoms with E-state index in [1.165, 1.54) is 0 Å².